The average molecular weight is 282 g/mol. The van der Waals surface area contributed by atoms with Crippen molar-refractivity contribution in [2.45, 2.75) is 57.5 Å². The Labute approximate surface area is 121 Å². The van der Waals surface area contributed by atoms with Crippen molar-refractivity contribution in [3.05, 3.63) is 0 Å². The number of carbonyl (C=O) groups excluding carboxylic acids is 2. The van der Waals surface area contributed by atoms with E-state index in [1.54, 1.807) is 12.0 Å². The summed E-state index contributed by atoms with van der Waals surface area (Å²) in [5.41, 5.74) is -1.45. The molecule has 2 fully saturated rings. The van der Waals surface area contributed by atoms with E-state index in [9.17, 15) is 9.59 Å². The van der Waals surface area contributed by atoms with Gasteiger partial charge in [0.1, 0.15) is 11.1 Å². The second-order valence-corrected chi connectivity index (χ2v) is 6.36. The molecule has 1 aliphatic carbocycles. The third kappa shape index (κ3) is 2.32. The fourth-order valence-electron chi connectivity index (χ4n) is 3.06. The zero-order chi connectivity index (χ0) is 15.0. The summed E-state index contributed by atoms with van der Waals surface area (Å²) in [7, 11) is 1.65. The van der Waals surface area contributed by atoms with Crippen LogP contribution in [0.5, 0.6) is 0 Å². The summed E-state index contributed by atoms with van der Waals surface area (Å²) in [6.45, 7) is 6.87. The van der Waals surface area contributed by atoms with Gasteiger partial charge in [-0.15, -0.1) is 0 Å². The molecule has 20 heavy (non-hydrogen) atoms. The normalized spacial score (nSPS) is 34.3. The number of carbonyl (C=O) groups is 2. The highest BCUT2D eigenvalue weighted by molar-refractivity contribution is 6.02. The molecule has 2 aliphatic rings. The van der Waals surface area contributed by atoms with E-state index in [2.05, 4.69) is 5.32 Å². The van der Waals surface area contributed by atoms with Gasteiger partial charge in [-0.25, -0.2) is 0 Å². The van der Waals surface area contributed by atoms with Gasteiger partial charge < -0.3 is 15.0 Å². The van der Waals surface area contributed by atoms with Gasteiger partial charge in [-0.3, -0.25) is 9.59 Å². The SMILES string of the molecule is CCC1(C)C(=O)NC(C)(C2CC2)C(=O)N1CCCOC. The van der Waals surface area contributed by atoms with Gasteiger partial charge in [0, 0.05) is 20.3 Å². The van der Waals surface area contributed by atoms with Crippen LogP contribution in [0.25, 0.3) is 0 Å². The monoisotopic (exact) mass is 282 g/mol. The summed E-state index contributed by atoms with van der Waals surface area (Å²) in [5, 5.41) is 3.00. The summed E-state index contributed by atoms with van der Waals surface area (Å²) < 4.78 is 5.07. The molecule has 2 amide bonds. The topological polar surface area (TPSA) is 58.6 Å². The summed E-state index contributed by atoms with van der Waals surface area (Å²) in [4.78, 5) is 27.2. The number of nitrogens with one attached hydrogen (secondary N) is 1. The Hall–Kier alpha value is -1.10. The van der Waals surface area contributed by atoms with E-state index >= 15 is 0 Å². The predicted octanol–water partition coefficient (Wildman–Crippen LogP) is 1.32. The molecule has 0 aromatic carbocycles. The van der Waals surface area contributed by atoms with Gasteiger partial charge in [0.2, 0.25) is 11.8 Å². The Bertz CT molecular complexity index is 408. The lowest BCUT2D eigenvalue weighted by atomic mass is 9.82. The Balaban J connectivity index is 2.24. The van der Waals surface area contributed by atoms with Crippen molar-refractivity contribution in [3.8, 4) is 0 Å². The molecular weight excluding hydrogens is 256 g/mol. The number of amides is 2. The van der Waals surface area contributed by atoms with Crippen LogP contribution < -0.4 is 5.32 Å². The van der Waals surface area contributed by atoms with Gasteiger partial charge in [0.05, 0.1) is 0 Å². The number of nitrogens with zero attached hydrogens (tertiary/aromatic N) is 1. The first-order chi connectivity index (χ1) is 9.40. The van der Waals surface area contributed by atoms with E-state index in [0.29, 0.717) is 25.5 Å². The standard InChI is InChI=1S/C15H26N2O3/c1-5-14(2)12(18)16-15(3,11-7-8-11)13(19)17(14)9-6-10-20-4/h11H,5-10H2,1-4H3,(H,16,18). The van der Waals surface area contributed by atoms with Gasteiger partial charge in [0.25, 0.3) is 0 Å². The van der Waals surface area contributed by atoms with Crippen LogP contribution in [-0.4, -0.2) is 48.1 Å². The van der Waals surface area contributed by atoms with Crippen molar-refractivity contribution >= 4 is 11.8 Å². The number of hydrogen-bond acceptors (Lipinski definition) is 3. The number of ether oxygens (including phenoxy) is 1. The van der Waals surface area contributed by atoms with Crippen LogP contribution in [0.2, 0.25) is 0 Å². The Morgan fingerprint density at radius 2 is 2.00 bits per heavy atom. The Morgan fingerprint density at radius 1 is 1.35 bits per heavy atom. The predicted molar refractivity (Wildman–Crippen MR) is 76.2 cm³/mol. The lowest BCUT2D eigenvalue weighted by Crippen LogP contribution is -2.74. The fraction of sp³-hybridized carbons (Fsp3) is 0.867. The second-order valence-electron chi connectivity index (χ2n) is 6.36. The average Bonchev–Trinajstić information content (AvgIpc) is 3.25. The first-order valence-electron chi connectivity index (χ1n) is 7.53. The first kappa shape index (κ1) is 15.3. The molecule has 5 heteroatoms. The maximum absolute atomic E-state index is 12.9. The highest BCUT2D eigenvalue weighted by Gasteiger charge is 2.58. The van der Waals surface area contributed by atoms with Crippen molar-refractivity contribution in [1.29, 1.82) is 0 Å². The molecule has 0 bridgehead atoms. The molecule has 0 aromatic heterocycles. The van der Waals surface area contributed by atoms with Gasteiger partial charge in [-0.05, 0) is 45.4 Å². The third-order valence-electron chi connectivity index (χ3n) is 4.96. The molecule has 1 saturated carbocycles. The van der Waals surface area contributed by atoms with Crippen LogP contribution in [0.15, 0.2) is 0 Å². The molecule has 2 atom stereocenters. The van der Waals surface area contributed by atoms with Gasteiger partial charge >= 0.3 is 0 Å². The zero-order valence-electron chi connectivity index (χ0n) is 13.0. The van der Waals surface area contributed by atoms with Crippen molar-refractivity contribution < 1.29 is 14.3 Å². The number of hydrogen-bond donors (Lipinski definition) is 1. The lowest BCUT2D eigenvalue weighted by Gasteiger charge is -2.50. The van der Waals surface area contributed by atoms with Gasteiger partial charge in [0.15, 0.2) is 0 Å². The van der Waals surface area contributed by atoms with E-state index in [0.717, 1.165) is 19.3 Å². The minimum atomic E-state index is -0.737. The van der Waals surface area contributed by atoms with Crippen molar-refractivity contribution in [2.24, 2.45) is 5.92 Å². The molecule has 1 N–H and O–H groups in total. The van der Waals surface area contributed by atoms with E-state index in [1.807, 2.05) is 20.8 Å². The molecule has 2 rings (SSSR count). The molecule has 1 heterocycles. The molecule has 5 nitrogen and oxygen atoms in total. The fourth-order valence-corrected chi connectivity index (χ4v) is 3.06. The molecule has 114 valence electrons. The summed E-state index contributed by atoms with van der Waals surface area (Å²) in [5.74, 6) is 0.344. The summed E-state index contributed by atoms with van der Waals surface area (Å²) >= 11 is 0. The van der Waals surface area contributed by atoms with Gasteiger partial charge in [-0.2, -0.15) is 0 Å². The number of piperazine rings is 1. The number of rotatable bonds is 6. The van der Waals surface area contributed by atoms with Crippen LogP contribution in [0.4, 0.5) is 0 Å². The third-order valence-corrected chi connectivity index (χ3v) is 4.96. The van der Waals surface area contributed by atoms with Crippen LogP contribution in [-0.2, 0) is 14.3 Å². The Kier molecular flexibility index (Phi) is 4.09. The number of methoxy groups -OCH3 is 1. The van der Waals surface area contributed by atoms with Crippen molar-refractivity contribution in [1.82, 2.24) is 10.2 Å². The van der Waals surface area contributed by atoms with Gasteiger partial charge in [-0.1, -0.05) is 6.92 Å². The summed E-state index contributed by atoms with van der Waals surface area (Å²) in [6, 6.07) is 0. The van der Waals surface area contributed by atoms with E-state index < -0.39 is 11.1 Å². The smallest absolute Gasteiger partial charge is 0.249 e. The highest BCUT2D eigenvalue weighted by atomic mass is 16.5. The summed E-state index contributed by atoms with van der Waals surface area (Å²) in [6.07, 6.45) is 3.43. The highest BCUT2D eigenvalue weighted by Crippen LogP contribution is 2.44. The molecule has 1 aliphatic heterocycles. The maximum atomic E-state index is 12.9. The van der Waals surface area contributed by atoms with Crippen LogP contribution >= 0.6 is 0 Å². The second kappa shape index (κ2) is 5.35. The molecule has 0 radical (unpaired) electrons. The van der Waals surface area contributed by atoms with Crippen LogP contribution in [0.1, 0.15) is 46.5 Å². The van der Waals surface area contributed by atoms with E-state index in [1.165, 1.54) is 0 Å². The minimum Gasteiger partial charge on any atom is -0.385 e. The molecule has 0 spiro atoms. The molecule has 0 aromatic rings. The zero-order valence-corrected chi connectivity index (χ0v) is 13.0. The molecular formula is C15H26N2O3. The first-order valence-corrected chi connectivity index (χ1v) is 7.53. The lowest BCUT2D eigenvalue weighted by molar-refractivity contribution is -0.163. The van der Waals surface area contributed by atoms with E-state index in [4.69, 9.17) is 4.74 Å². The van der Waals surface area contributed by atoms with Crippen molar-refractivity contribution in [2.75, 3.05) is 20.3 Å². The van der Waals surface area contributed by atoms with Crippen LogP contribution in [0, 0.1) is 5.92 Å². The molecule has 1 saturated heterocycles. The van der Waals surface area contributed by atoms with E-state index in [-0.39, 0.29) is 11.8 Å². The minimum absolute atomic E-state index is 0.0218. The Morgan fingerprint density at radius 3 is 2.50 bits per heavy atom. The molecule has 2 unspecified atom stereocenters. The maximum Gasteiger partial charge on any atom is 0.249 e. The van der Waals surface area contributed by atoms with Crippen LogP contribution in [0.3, 0.4) is 0 Å². The quantitative estimate of drug-likeness (QED) is 0.748. The largest absolute Gasteiger partial charge is 0.385 e. The van der Waals surface area contributed by atoms with Crippen molar-refractivity contribution in [3.63, 3.8) is 0 Å².